The number of carbonyl (C=O) groups is 1. The molecule has 2 aromatic heterocycles. The van der Waals surface area contributed by atoms with Crippen LogP contribution in [0.5, 0.6) is 11.5 Å². The molecule has 0 bridgehead atoms. The Kier molecular flexibility index (Phi) is 7.81. The van der Waals surface area contributed by atoms with Crippen molar-refractivity contribution >= 4 is 34.7 Å². The minimum atomic E-state index is -0.741. The lowest BCUT2D eigenvalue weighted by molar-refractivity contribution is -0.143. The Hall–Kier alpha value is -3.95. The number of thiophene rings is 1. The molecule has 0 N–H and O–H groups in total. The van der Waals surface area contributed by atoms with Gasteiger partial charge >= 0.3 is 5.97 Å². The summed E-state index contributed by atoms with van der Waals surface area (Å²) in [5, 5.41) is 1.96. The molecule has 0 amide bonds. The molecule has 9 heteroatoms. The van der Waals surface area contributed by atoms with Crippen LogP contribution in [0.2, 0.25) is 0 Å². The second kappa shape index (κ2) is 11.4. The first-order valence-corrected chi connectivity index (χ1v) is 14.2. The summed E-state index contributed by atoms with van der Waals surface area (Å²) < 4.78 is 19.4. The Morgan fingerprint density at radius 1 is 1.10 bits per heavy atom. The van der Waals surface area contributed by atoms with Gasteiger partial charge in [-0.1, -0.05) is 53.8 Å². The molecule has 0 fully saturated rings. The van der Waals surface area contributed by atoms with E-state index in [2.05, 4.69) is 4.99 Å². The van der Waals surface area contributed by atoms with Gasteiger partial charge in [0.15, 0.2) is 16.3 Å². The van der Waals surface area contributed by atoms with Crippen LogP contribution in [0, 0.1) is 0 Å². The molecule has 2 aromatic carbocycles. The molecule has 39 heavy (non-hydrogen) atoms. The molecular weight excluding hydrogens is 532 g/mol. The van der Waals surface area contributed by atoms with Gasteiger partial charge in [-0.25, -0.2) is 9.79 Å². The van der Waals surface area contributed by atoms with E-state index in [0.29, 0.717) is 44.3 Å². The fourth-order valence-electron chi connectivity index (χ4n) is 4.39. The summed E-state index contributed by atoms with van der Waals surface area (Å²) in [7, 11) is 1.57. The van der Waals surface area contributed by atoms with Gasteiger partial charge in [0, 0.05) is 4.88 Å². The summed E-state index contributed by atoms with van der Waals surface area (Å²) >= 11 is 2.85. The van der Waals surface area contributed by atoms with Crippen molar-refractivity contribution in [1.29, 1.82) is 0 Å². The number of ether oxygens (including phenoxy) is 3. The van der Waals surface area contributed by atoms with Crippen molar-refractivity contribution in [1.82, 2.24) is 4.57 Å². The minimum absolute atomic E-state index is 0.220. The van der Waals surface area contributed by atoms with Crippen LogP contribution in [0.4, 0.5) is 0 Å². The molecule has 1 atom stereocenters. The van der Waals surface area contributed by atoms with Gasteiger partial charge in [0.25, 0.3) is 5.56 Å². The average Bonchev–Trinajstić information content (AvgIpc) is 3.54. The lowest BCUT2D eigenvalue weighted by atomic mass is 9.95. The van der Waals surface area contributed by atoms with E-state index in [0.717, 1.165) is 10.4 Å². The molecule has 3 heterocycles. The quantitative estimate of drug-likeness (QED) is 0.288. The summed E-state index contributed by atoms with van der Waals surface area (Å²) in [4.78, 5) is 33.3. The molecule has 0 saturated heterocycles. The second-order valence-electron chi connectivity index (χ2n) is 9.24. The largest absolute Gasteiger partial charge is 0.493 e. The van der Waals surface area contributed by atoms with Crippen LogP contribution < -0.4 is 24.4 Å². The van der Waals surface area contributed by atoms with Crippen LogP contribution in [0.1, 0.15) is 42.8 Å². The lowest BCUT2D eigenvalue weighted by Crippen LogP contribution is -2.40. The molecule has 200 valence electrons. The van der Waals surface area contributed by atoms with Crippen LogP contribution in [-0.2, 0) is 16.1 Å². The van der Waals surface area contributed by atoms with Gasteiger partial charge in [-0.15, -0.1) is 11.3 Å². The minimum Gasteiger partial charge on any atom is -0.493 e. The number of hydrogen-bond acceptors (Lipinski definition) is 8. The van der Waals surface area contributed by atoms with E-state index in [-0.39, 0.29) is 11.7 Å². The van der Waals surface area contributed by atoms with E-state index in [1.54, 1.807) is 49.9 Å². The van der Waals surface area contributed by atoms with Crippen molar-refractivity contribution in [3.63, 3.8) is 0 Å². The Morgan fingerprint density at radius 2 is 1.90 bits per heavy atom. The topological polar surface area (TPSA) is 79.1 Å². The first-order valence-electron chi connectivity index (χ1n) is 12.5. The first kappa shape index (κ1) is 26.6. The fraction of sp³-hybridized carbons (Fsp3) is 0.233. The standard InChI is InChI=1S/C30H28N2O5S2/c1-18(2)37-29(34)26-19(3)31-30-32(28(33)25(39-30)16-22-11-8-14-38-22)27(26)21-12-13-23(24(15-21)35-4)36-17-20-9-6-5-7-10-20/h5-16,18,27H,17H2,1-4H3/b25-16-. The number of benzene rings is 2. The molecule has 1 aliphatic rings. The van der Waals surface area contributed by atoms with Crippen molar-refractivity contribution in [3.8, 4) is 11.5 Å². The maximum absolute atomic E-state index is 13.8. The maximum atomic E-state index is 13.8. The third-order valence-corrected chi connectivity index (χ3v) is 7.94. The number of hydrogen-bond donors (Lipinski definition) is 0. The Balaban J connectivity index is 1.62. The van der Waals surface area contributed by atoms with E-state index < -0.39 is 12.0 Å². The number of fused-ring (bicyclic) bond motifs is 1. The van der Waals surface area contributed by atoms with Crippen molar-refractivity contribution in [2.75, 3.05) is 7.11 Å². The van der Waals surface area contributed by atoms with Crippen LogP contribution >= 0.6 is 22.7 Å². The number of rotatable bonds is 8. The SMILES string of the molecule is COc1cc(C2C(C(=O)OC(C)C)=C(C)N=c3s/c(=C\c4cccs4)c(=O)n32)ccc1OCc1ccccc1. The molecule has 0 radical (unpaired) electrons. The number of allylic oxidation sites excluding steroid dienone is 1. The summed E-state index contributed by atoms with van der Waals surface area (Å²) in [6.45, 7) is 5.73. The predicted octanol–water partition coefficient (Wildman–Crippen LogP) is 4.84. The lowest BCUT2D eigenvalue weighted by Gasteiger charge is -2.26. The van der Waals surface area contributed by atoms with Crippen LogP contribution in [-0.4, -0.2) is 23.8 Å². The molecule has 4 aromatic rings. The van der Waals surface area contributed by atoms with Gasteiger partial charge in [-0.3, -0.25) is 9.36 Å². The van der Waals surface area contributed by atoms with E-state index in [1.165, 1.54) is 11.3 Å². The van der Waals surface area contributed by atoms with E-state index >= 15 is 0 Å². The predicted molar refractivity (Wildman–Crippen MR) is 153 cm³/mol. The number of thiazole rings is 1. The van der Waals surface area contributed by atoms with Gasteiger partial charge < -0.3 is 14.2 Å². The summed E-state index contributed by atoms with van der Waals surface area (Å²) in [5.41, 5.74) is 2.33. The van der Waals surface area contributed by atoms with E-state index in [1.807, 2.05) is 66.1 Å². The van der Waals surface area contributed by atoms with Crippen molar-refractivity contribution in [3.05, 3.63) is 113 Å². The van der Waals surface area contributed by atoms with Gasteiger partial charge in [0.1, 0.15) is 6.61 Å². The molecule has 0 spiro atoms. The molecule has 1 aliphatic heterocycles. The van der Waals surface area contributed by atoms with Gasteiger partial charge in [0.05, 0.1) is 35.1 Å². The number of aromatic nitrogens is 1. The highest BCUT2D eigenvalue weighted by Gasteiger charge is 2.34. The second-order valence-corrected chi connectivity index (χ2v) is 11.2. The van der Waals surface area contributed by atoms with E-state index in [9.17, 15) is 9.59 Å². The Morgan fingerprint density at radius 3 is 2.59 bits per heavy atom. The van der Waals surface area contributed by atoms with Gasteiger partial charge in [-0.2, -0.15) is 0 Å². The van der Waals surface area contributed by atoms with Crippen molar-refractivity contribution in [2.24, 2.45) is 4.99 Å². The van der Waals surface area contributed by atoms with Crippen LogP contribution in [0.25, 0.3) is 6.08 Å². The summed E-state index contributed by atoms with van der Waals surface area (Å²) in [5.74, 6) is 0.546. The molecule has 0 aliphatic carbocycles. The highest BCUT2D eigenvalue weighted by molar-refractivity contribution is 7.11. The molecule has 7 nitrogen and oxygen atoms in total. The van der Waals surface area contributed by atoms with Crippen LogP contribution in [0.15, 0.2) is 87.1 Å². The van der Waals surface area contributed by atoms with Crippen molar-refractivity contribution < 1.29 is 19.0 Å². The average molecular weight is 561 g/mol. The highest BCUT2D eigenvalue weighted by atomic mass is 32.1. The molecule has 1 unspecified atom stereocenters. The van der Waals surface area contributed by atoms with E-state index in [4.69, 9.17) is 14.2 Å². The van der Waals surface area contributed by atoms with Gasteiger partial charge in [0.2, 0.25) is 0 Å². The summed E-state index contributed by atoms with van der Waals surface area (Å²) in [6.07, 6.45) is 1.53. The molecule has 5 rings (SSSR count). The Labute approximate surface area is 234 Å². The fourth-order valence-corrected chi connectivity index (χ4v) is 6.16. The molecule has 0 saturated carbocycles. The van der Waals surface area contributed by atoms with Crippen LogP contribution in [0.3, 0.4) is 0 Å². The van der Waals surface area contributed by atoms with Gasteiger partial charge in [-0.05, 0) is 61.6 Å². The zero-order chi connectivity index (χ0) is 27.5. The third kappa shape index (κ3) is 5.60. The van der Waals surface area contributed by atoms with Crippen molar-refractivity contribution in [2.45, 2.75) is 39.5 Å². The maximum Gasteiger partial charge on any atom is 0.338 e. The normalized spacial score (nSPS) is 15.2. The number of esters is 1. The first-order chi connectivity index (χ1) is 18.9. The monoisotopic (exact) mass is 560 g/mol. The third-order valence-electron chi connectivity index (χ3n) is 6.14. The number of nitrogens with zero attached hydrogens (tertiary/aromatic N) is 2. The molecular formula is C30H28N2O5S2. The summed E-state index contributed by atoms with van der Waals surface area (Å²) in [6, 6.07) is 18.5. The smallest absolute Gasteiger partial charge is 0.338 e. The zero-order valence-electron chi connectivity index (χ0n) is 22.0. The number of methoxy groups -OCH3 is 1. The number of carbonyl (C=O) groups excluding carboxylic acids is 1. The zero-order valence-corrected chi connectivity index (χ0v) is 23.7. The highest BCUT2D eigenvalue weighted by Crippen LogP contribution is 2.36. The Bertz CT molecular complexity index is 1700.